The molecule has 104 valence electrons. The summed E-state index contributed by atoms with van der Waals surface area (Å²) in [6.45, 7) is 3.79. The van der Waals surface area contributed by atoms with Crippen LogP contribution in [0.2, 0.25) is 0 Å². The Kier molecular flexibility index (Phi) is 5.94. The van der Waals surface area contributed by atoms with Crippen LogP contribution in [0.5, 0.6) is 0 Å². The summed E-state index contributed by atoms with van der Waals surface area (Å²) >= 11 is 1.15. The summed E-state index contributed by atoms with van der Waals surface area (Å²) in [7, 11) is 0. The highest BCUT2D eigenvalue weighted by molar-refractivity contribution is 7.14. The lowest BCUT2D eigenvalue weighted by Crippen LogP contribution is -2.37. The molecule has 0 atom stereocenters. The molecule has 0 aliphatic carbocycles. The number of aromatic nitrogens is 1. The minimum absolute atomic E-state index is 0.0914. The van der Waals surface area contributed by atoms with E-state index in [2.05, 4.69) is 20.9 Å². The zero-order chi connectivity index (χ0) is 14.3. The molecule has 0 fully saturated rings. The van der Waals surface area contributed by atoms with Crippen molar-refractivity contribution in [2.24, 2.45) is 0 Å². The molecule has 0 saturated carbocycles. The lowest BCUT2D eigenvalue weighted by Gasteiger charge is -2.04. The van der Waals surface area contributed by atoms with Crippen LogP contribution in [-0.4, -0.2) is 35.8 Å². The summed E-state index contributed by atoms with van der Waals surface area (Å²) in [5.74, 6) is -0.938. The second-order valence-corrected chi connectivity index (χ2v) is 4.61. The van der Waals surface area contributed by atoms with E-state index in [-0.39, 0.29) is 24.1 Å². The molecule has 1 aromatic heterocycles. The van der Waals surface area contributed by atoms with E-state index in [1.807, 2.05) is 6.92 Å². The molecule has 0 bridgehead atoms. The average Bonchev–Trinajstić information content (AvgIpc) is 2.81. The molecule has 1 heterocycles. The largest absolute Gasteiger partial charge is 0.355 e. The van der Waals surface area contributed by atoms with Gasteiger partial charge in [-0.1, -0.05) is 6.92 Å². The predicted molar refractivity (Wildman–Crippen MR) is 72.1 cm³/mol. The Morgan fingerprint density at radius 3 is 2.68 bits per heavy atom. The van der Waals surface area contributed by atoms with E-state index in [0.29, 0.717) is 11.7 Å². The van der Waals surface area contributed by atoms with Gasteiger partial charge in [-0.15, -0.1) is 11.3 Å². The molecule has 0 aliphatic rings. The molecule has 1 rings (SSSR count). The summed E-state index contributed by atoms with van der Waals surface area (Å²) in [5.41, 5.74) is 0.178. The van der Waals surface area contributed by atoms with Gasteiger partial charge in [-0.05, 0) is 6.42 Å². The van der Waals surface area contributed by atoms with Crippen molar-refractivity contribution >= 4 is 34.2 Å². The average molecular weight is 284 g/mol. The Hall–Kier alpha value is -1.96. The molecule has 0 aromatic carbocycles. The zero-order valence-electron chi connectivity index (χ0n) is 10.8. The number of nitrogens with zero attached hydrogens (tertiary/aromatic N) is 1. The van der Waals surface area contributed by atoms with Gasteiger partial charge in [0.05, 0.1) is 6.54 Å². The maximum Gasteiger partial charge on any atom is 0.271 e. The van der Waals surface area contributed by atoms with Crippen molar-refractivity contribution in [3.05, 3.63) is 11.1 Å². The monoisotopic (exact) mass is 284 g/mol. The van der Waals surface area contributed by atoms with Crippen LogP contribution < -0.4 is 16.0 Å². The second-order valence-electron chi connectivity index (χ2n) is 3.75. The number of rotatable bonds is 6. The van der Waals surface area contributed by atoms with Gasteiger partial charge in [0, 0.05) is 18.8 Å². The van der Waals surface area contributed by atoms with Crippen LogP contribution in [-0.2, 0) is 9.59 Å². The molecule has 8 heteroatoms. The standard InChI is InChI=1S/C11H16N4O3S/c1-3-4-12-9(17)5-13-10(18)8-6-19-11(15-8)14-7(2)16/h6H,3-5H2,1-2H3,(H,12,17)(H,13,18)(H,14,15,16). The highest BCUT2D eigenvalue weighted by Gasteiger charge is 2.12. The highest BCUT2D eigenvalue weighted by Crippen LogP contribution is 2.14. The Morgan fingerprint density at radius 2 is 2.05 bits per heavy atom. The van der Waals surface area contributed by atoms with Gasteiger partial charge >= 0.3 is 0 Å². The van der Waals surface area contributed by atoms with Gasteiger partial charge in [0.25, 0.3) is 5.91 Å². The lowest BCUT2D eigenvalue weighted by molar-refractivity contribution is -0.120. The van der Waals surface area contributed by atoms with Gasteiger partial charge in [0.1, 0.15) is 5.69 Å². The van der Waals surface area contributed by atoms with Crippen molar-refractivity contribution in [3.63, 3.8) is 0 Å². The first-order valence-corrected chi connectivity index (χ1v) is 6.69. The molecule has 19 heavy (non-hydrogen) atoms. The molecular formula is C11H16N4O3S. The number of carbonyl (C=O) groups is 3. The quantitative estimate of drug-likeness (QED) is 0.702. The number of hydrogen-bond acceptors (Lipinski definition) is 5. The van der Waals surface area contributed by atoms with E-state index >= 15 is 0 Å². The van der Waals surface area contributed by atoms with Crippen molar-refractivity contribution in [2.75, 3.05) is 18.4 Å². The normalized spacial score (nSPS) is 9.79. The summed E-state index contributed by atoms with van der Waals surface area (Å²) in [6.07, 6.45) is 0.839. The number of amides is 3. The van der Waals surface area contributed by atoms with Crippen LogP contribution in [0.3, 0.4) is 0 Å². The van der Waals surface area contributed by atoms with Crippen LogP contribution in [0.25, 0.3) is 0 Å². The van der Waals surface area contributed by atoms with E-state index in [0.717, 1.165) is 17.8 Å². The fourth-order valence-electron chi connectivity index (χ4n) is 1.16. The van der Waals surface area contributed by atoms with E-state index in [9.17, 15) is 14.4 Å². The first-order chi connectivity index (χ1) is 9.02. The van der Waals surface area contributed by atoms with Gasteiger partial charge in [0.15, 0.2) is 5.13 Å². The van der Waals surface area contributed by atoms with E-state index in [1.54, 1.807) is 0 Å². The summed E-state index contributed by atoms with van der Waals surface area (Å²) in [5, 5.41) is 9.45. The molecule has 0 saturated heterocycles. The molecule has 3 N–H and O–H groups in total. The number of nitrogens with one attached hydrogen (secondary N) is 3. The van der Waals surface area contributed by atoms with E-state index in [1.165, 1.54) is 12.3 Å². The molecule has 1 aromatic rings. The van der Waals surface area contributed by atoms with E-state index < -0.39 is 5.91 Å². The summed E-state index contributed by atoms with van der Waals surface area (Å²) < 4.78 is 0. The maximum atomic E-state index is 11.7. The van der Waals surface area contributed by atoms with Crippen LogP contribution in [0.15, 0.2) is 5.38 Å². The molecule has 0 radical (unpaired) electrons. The molecule has 3 amide bonds. The van der Waals surface area contributed by atoms with Crippen molar-refractivity contribution in [2.45, 2.75) is 20.3 Å². The predicted octanol–water partition coefficient (Wildman–Crippen LogP) is 0.357. The topological polar surface area (TPSA) is 100 Å². The second kappa shape index (κ2) is 7.47. The smallest absolute Gasteiger partial charge is 0.271 e. The molecular weight excluding hydrogens is 268 g/mol. The van der Waals surface area contributed by atoms with Crippen molar-refractivity contribution in [1.29, 1.82) is 0 Å². The highest BCUT2D eigenvalue weighted by atomic mass is 32.1. The van der Waals surface area contributed by atoms with Gasteiger partial charge in [-0.25, -0.2) is 4.98 Å². The molecule has 0 spiro atoms. The van der Waals surface area contributed by atoms with E-state index in [4.69, 9.17) is 0 Å². The molecule has 7 nitrogen and oxygen atoms in total. The number of anilines is 1. The van der Waals surface area contributed by atoms with Gasteiger partial charge in [-0.3, -0.25) is 14.4 Å². The SMILES string of the molecule is CCCNC(=O)CNC(=O)c1csc(NC(C)=O)n1. The van der Waals surface area contributed by atoms with Crippen LogP contribution in [0, 0.1) is 0 Å². The third-order valence-corrected chi connectivity index (χ3v) is 2.76. The van der Waals surface area contributed by atoms with Crippen LogP contribution >= 0.6 is 11.3 Å². The minimum atomic E-state index is -0.445. The van der Waals surface area contributed by atoms with Crippen molar-refractivity contribution in [3.8, 4) is 0 Å². The number of thiazole rings is 1. The lowest BCUT2D eigenvalue weighted by atomic mass is 10.4. The fourth-order valence-corrected chi connectivity index (χ4v) is 1.90. The maximum absolute atomic E-state index is 11.7. The molecule has 0 unspecified atom stereocenters. The number of carbonyl (C=O) groups excluding carboxylic acids is 3. The van der Waals surface area contributed by atoms with Gasteiger partial charge in [0.2, 0.25) is 11.8 Å². The van der Waals surface area contributed by atoms with Crippen molar-refractivity contribution < 1.29 is 14.4 Å². The first-order valence-electron chi connectivity index (χ1n) is 5.81. The van der Waals surface area contributed by atoms with Crippen LogP contribution in [0.1, 0.15) is 30.8 Å². The van der Waals surface area contributed by atoms with Gasteiger partial charge < -0.3 is 16.0 Å². The fraction of sp³-hybridized carbons (Fsp3) is 0.455. The molecule has 0 aliphatic heterocycles. The van der Waals surface area contributed by atoms with Crippen LogP contribution in [0.4, 0.5) is 5.13 Å². The summed E-state index contributed by atoms with van der Waals surface area (Å²) in [4.78, 5) is 37.7. The Balaban J connectivity index is 2.43. The Bertz CT molecular complexity index is 472. The van der Waals surface area contributed by atoms with Gasteiger partial charge in [-0.2, -0.15) is 0 Å². The summed E-state index contributed by atoms with van der Waals surface area (Å²) in [6, 6.07) is 0. The zero-order valence-corrected chi connectivity index (χ0v) is 11.6. The third kappa shape index (κ3) is 5.47. The Labute approximate surface area is 114 Å². The third-order valence-electron chi connectivity index (χ3n) is 2.00. The minimum Gasteiger partial charge on any atom is -0.355 e. The van der Waals surface area contributed by atoms with Crippen molar-refractivity contribution in [1.82, 2.24) is 15.6 Å². The Morgan fingerprint density at radius 1 is 1.32 bits per heavy atom. The number of hydrogen-bond donors (Lipinski definition) is 3. The first kappa shape index (κ1) is 15.1.